The lowest BCUT2D eigenvalue weighted by Gasteiger charge is -2.16. The Balaban J connectivity index is 1.52. The summed E-state index contributed by atoms with van der Waals surface area (Å²) in [5, 5.41) is 8.47. The van der Waals surface area contributed by atoms with Crippen LogP contribution in [0.15, 0.2) is 48.7 Å². The summed E-state index contributed by atoms with van der Waals surface area (Å²) in [5.41, 5.74) is 5.20. The SMILES string of the molecule is COc1ccnc(-c2nn(C)c3nc(OCC(=O)NC(C)c4ccccc4C)cc(C)c23)c1. The van der Waals surface area contributed by atoms with Crippen LogP contribution in [0.3, 0.4) is 0 Å². The molecule has 0 aliphatic rings. The number of rotatable bonds is 7. The van der Waals surface area contributed by atoms with Crippen molar-refractivity contribution >= 4 is 16.9 Å². The Kier molecular flexibility index (Phi) is 6.26. The summed E-state index contributed by atoms with van der Waals surface area (Å²) in [4.78, 5) is 21.5. The van der Waals surface area contributed by atoms with Gasteiger partial charge in [0.05, 0.1) is 24.2 Å². The molecular formula is C25H27N5O3. The molecule has 8 nitrogen and oxygen atoms in total. The second kappa shape index (κ2) is 9.28. The standard InChI is InChI=1S/C25H27N5O3/c1-15-8-6-7-9-19(15)17(3)27-21(31)14-33-22-12-16(2)23-24(29-30(4)25(23)28-22)20-13-18(32-5)10-11-26-20/h6-13,17H,14H2,1-5H3,(H,27,31). The van der Waals surface area contributed by atoms with E-state index in [1.165, 1.54) is 0 Å². The van der Waals surface area contributed by atoms with E-state index in [9.17, 15) is 4.79 Å². The van der Waals surface area contributed by atoms with Gasteiger partial charge in [-0.1, -0.05) is 24.3 Å². The molecule has 8 heteroatoms. The lowest BCUT2D eigenvalue weighted by Crippen LogP contribution is -2.31. The zero-order chi connectivity index (χ0) is 23.5. The van der Waals surface area contributed by atoms with Gasteiger partial charge in [0.2, 0.25) is 5.88 Å². The molecule has 1 atom stereocenters. The molecule has 1 aromatic carbocycles. The fraction of sp³-hybridized carbons (Fsp3) is 0.280. The molecule has 0 spiro atoms. The average Bonchev–Trinajstić information content (AvgIpc) is 3.15. The number of hydrogen-bond acceptors (Lipinski definition) is 6. The highest BCUT2D eigenvalue weighted by atomic mass is 16.5. The molecule has 0 bridgehead atoms. The van der Waals surface area contributed by atoms with Gasteiger partial charge in [-0.3, -0.25) is 9.78 Å². The number of nitrogens with one attached hydrogen (secondary N) is 1. The smallest absolute Gasteiger partial charge is 0.258 e. The molecule has 4 aromatic rings. The average molecular weight is 446 g/mol. The monoisotopic (exact) mass is 445 g/mol. The predicted molar refractivity (Wildman–Crippen MR) is 126 cm³/mol. The predicted octanol–water partition coefficient (Wildman–Crippen LogP) is 3.91. The molecular weight excluding hydrogens is 418 g/mol. The number of ether oxygens (including phenoxy) is 2. The Labute approximate surface area is 192 Å². The number of hydrogen-bond donors (Lipinski definition) is 1. The van der Waals surface area contributed by atoms with Crippen molar-refractivity contribution in [2.45, 2.75) is 26.8 Å². The molecule has 0 saturated carbocycles. The highest BCUT2D eigenvalue weighted by molar-refractivity contribution is 5.93. The van der Waals surface area contributed by atoms with Crippen LogP contribution < -0.4 is 14.8 Å². The van der Waals surface area contributed by atoms with E-state index in [-0.39, 0.29) is 18.6 Å². The van der Waals surface area contributed by atoms with Crippen molar-refractivity contribution in [3.05, 3.63) is 65.4 Å². The maximum atomic E-state index is 12.5. The molecule has 33 heavy (non-hydrogen) atoms. The number of carbonyl (C=O) groups excluding carboxylic acids is 1. The number of amides is 1. The minimum atomic E-state index is -0.212. The van der Waals surface area contributed by atoms with Gasteiger partial charge in [0.25, 0.3) is 5.91 Å². The van der Waals surface area contributed by atoms with E-state index < -0.39 is 0 Å². The van der Waals surface area contributed by atoms with Crippen LogP contribution in [0.1, 0.15) is 29.7 Å². The van der Waals surface area contributed by atoms with E-state index in [0.717, 1.165) is 22.1 Å². The molecule has 1 unspecified atom stereocenters. The van der Waals surface area contributed by atoms with Gasteiger partial charge in [-0.25, -0.2) is 4.68 Å². The highest BCUT2D eigenvalue weighted by Crippen LogP contribution is 2.31. The summed E-state index contributed by atoms with van der Waals surface area (Å²) in [7, 11) is 3.43. The van der Waals surface area contributed by atoms with Crippen LogP contribution in [0.25, 0.3) is 22.4 Å². The first-order chi connectivity index (χ1) is 15.9. The van der Waals surface area contributed by atoms with Crippen molar-refractivity contribution in [2.75, 3.05) is 13.7 Å². The van der Waals surface area contributed by atoms with Gasteiger partial charge in [0, 0.05) is 25.4 Å². The lowest BCUT2D eigenvalue weighted by atomic mass is 10.0. The Morgan fingerprint density at radius 1 is 1.15 bits per heavy atom. The Hall–Kier alpha value is -3.94. The van der Waals surface area contributed by atoms with Crippen LogP contribution in [0.5, 0.6) is 11.6 Å². The molecule has 170 valence electrons. The second-order valence-corrected chi connectivity index (χ2v) is 7.96. The zero-order valence-corrected chi connectivity index (χ0v) is 19.4. The van der Waals surface area contributed by atoms with Crippen molar-refractivity contribution < 1.29 is 14.3 Å². The first-order valence-electron chi connectivity index (χ1n) is 10.7. The van der Waals surface area contributed by atoms with Crippen molar-refractivity contribution in [1.29, 1.82) is 0 Å². The number of pyridine rings is 2. The van der Waals surface area contributed by atoms with Gasteiger partial charge >= 0.3 is 0 Å². The van der Waals surface area contributed by atoms with E-state index in [1.54, 1.807) is 24.1 Å². The van der Waals surface area contributed by atoms with Crippen molar-refractivity contribution in [1.82, 2.24) is 25.1 Å². The summed E-state index contributed by atoms with van der Waals surface area (Å²) in [5.74, 6) is 0.860. The fourth-order valence-corrected chi connectivity index (χ4v) is 3.89. The number of fused-ring (bicyclic) bond motifs is 1. The molecule has 1 amide bonds. The maximum Gasteiger partial charge on any atom is 0.258 e. The van der Waals surface area contributed by atoms with Gasteiger partial charge in [0.1, 0.15) is 11.4 Å². The summed E-state index contributed by atoms with van der Waals surface area (Å²) in [6.45, 7) is 5.82. The quantitative estimate of drug-likeness (QED) is 0.464. The highest BCUT2D eigenvalue weighted by Gasteiger charge is 2.18. The number of benzene rings is 1. The number of methoxy groups -OCH3 is 1. The van der Waals surface area contributed by atoms with Gasteiger partial charge in [-0.15, -0.1) is 0 Å². The maximum absolute atomic E-state index is 12.5. The van der Waals surface area contributed by atoms with Crippen LogP contribution in [0, 0.1) is 13.8 Å². The summed E-state index contributed by atoms with van der Waals surface area (Å²) < 4.78 is 12.7. The van der Waals surface area contributed by atoms with Gasteiger partial charge in [-0.2, -0.15) is 10.1 Å². The minimum Gasteiger partial charge on any atom is -0.497 e. The molecule has 1 N–H and O–H groups in total. The molecule has 3 aromatic heterocycles. The third-order valence-electron chi connectivity index (χ3n) is 5.56. The van der Waals surface area contributed by atoms with E-state index >= 15 is 0 Å². The van der Waals surface area contributed by atoms with E-state index in [2.05, 4.69) is 20.4 Å². The number of aryl methyl sites for hydroxylation is 3. The van der Waals surface area contributed by atoms with Crippen LogP contribution in [-0.4, -0.2) is 39.4 Å². The normalized spacial score (nSPS) is 11.9. The van der Waals surface area contributed by atoms with E-state index in [4.69, 9.17) is 9.47 Å². The number of aromatic nitrogens is 4. The van der Waals surface area contributed by atoms with Gasteiger partial charge in [0.15, 0.2) is 12.3 Å². The fourth-order valence-electron chi connectivity index (χ4n) is 3.89. The molecule has 0 aliphatic heterocycles. The largest absolute Gasteiger partial charge is 0.497 e. The number of carbonyl (C=O) groups is 1. The van der Waals surface area contributed by atoms with E-state index in [1.807, 2.05) is 64.2 Å². The first kappa shape index (κ1) is 22.3. The number of nitrogens with zero attached hydrogens (tertiary/aromatic N) is 4. The topological polar surface area (TPSA) is 91.2 Å². The molecule has 0 saturated heterocycles. The van der Waals surface area contributed by atoms with Crippen LogP contribution in [0.4, 0.5) is 0 Å². The first-order valence-corrected chi connectivity index (χ1v) is 10.7. The lowest BCUT2D eigenvalue weighted by molar-refractivity contribution is -0.123. The summed E-state index contributed by atoms with van der Waals surface area (Å²) in [6, 6.07) is 13.3. The van der Waals surface area contributed by atoms with Gasteiger partial charge in [-0.05, 0) is 43.5 Å². The molecule has 3 heterocycles. The van der Waals surface area contributed by atoms with Crippen LogP contribution >= 0.6 is 0 Å². The Morgan fingerprint density at radius 2 is 1.94 bits per heavy atom. The Morgan fingerprint density at radius 3 is 2.70 bits per heavy atom. The van der Waals surface area contributed by atoms with Crippen molar-refractivity contribution in [2.24, 2.45) is 7.05 Å². The third kappa shape index (κ3) is 4.64. The summed E-state index contributed by atoms with van der Waals surface area (Å²) >= 11 is 0. The van der Waals surface area contributed by atoms with E-state index in [0.29, 0.717) is 28.7 Å². The third-order valence-corrected chi connectivity index (χ3v) is 5.56. The minimum absolute atomic E-state index is 0.116. The molecule has 4 rings (SSSR count). The van der Waals surface area contributed by atoms with Crippen molar-refractivity contribution in [3.8, 4) is 23.0 Å². The van der Waals surface area contributed by atoms with Crippen LogP contribution in [-0.2, 0) is 11.8 Å². The Bertz CT molecular complexity index is 1310. The van der Waals surface area contributed by atoms with Crippen molar-refractivity contribution in [3.63, 3.8) is 0 Å². The van der Waals surface area contributed by atoms with Gasteiger partial charge < -0.3 is 14.8 Å². The molecule has 0 aliphatic carbocycles. The molecule has 0 fully saturated rings. The molecule has 0 radical (unpaired) electrons. The zero-order valence-electron chi connectivity index (χ0n) is 19.4. The second-order valence-electron chi connectivity index (χ2n) is 7.96. The van der Waals surface area contributed by atoms with Crippen LogP contribution in [0.2, 0.25) is 0 Å². The summed E-state index contributed by atoms with van der Waals surface area (Å²) in [6.07, 6.45) is 1.69.